The average molecular weight is 436 g/mol. The lowest BCUT2D eigenvalue weighted by molar-refractivity contribution is 0.0523. The normalized spacial score (nSPS) is 10.3. The first-order valence-corrected chi connectivity index (χ1v) is 9.77. The number of oxazole rings is 1. The minimum absolute atomic E-state index is 0.356. The molecular formula is C23H24N4O5. The van der Waals surface area contributed by atoms with Gasteiger partial charge in [-0.15, -0.1) is 0 Å². The van der Waals surface area contributed by atoms with Gasteiger partial charge in [0.2, 0.25) is 0 Å². The predicted molar refractivity (Wildman–Crippen MR) is 119 cm³/mol. The van der Waals surface area contributed by atoms with Gasteiger partial charge in [0.15, 0.2) is 24.4 Å². The minimum Gasteiger partial charge on any atom is -0.444 e. The van der Waals surface area contributed by atoms with Gasteiger partial charge in [-0.1, -0.05) is 12.1 Å². The molecule has 0 radical (unpaired) electrons. The van der Waals surface area contributed by atoms with Crippen molar-refractivity contribution in [3.05, 3.63) is 66.7 Å². The van der Waals surface area contributed by atoms with E-state index < -0.39 is 11.7 Å². The number of ether oxygens (including phenoxy) is 1. The van der Waals surface area contributed by atoms with E-state index in [1.54, 1.807) is 18.3 Å². The summed E-state index contributed by atoms with van der Waals surface area (Å²) in [7, 11) is 0. The van der Waals surface area contributed by atoms with Crippen molar-refractivity contribution >= 4 is 17.5 Å². The van der Waals surface area contributed by atoms with Crippen LogP contribution in [0.5, 0.6) is 0 Å². The van der Waals surface area contributed by atoms with Crippen molar-refractivity contribution in [2.24, 2.45) is 0 Å². The maximum atomic E-state index is 11.7. The zero-order valence-corrected chi connectivity index (χ0v) is 18.0. The van der Waals surface area contributed by atoms with Gasteiger partial charge >= 0.3 is 6.09 Å². The van der Waals surface area contributed by atoms with Crippen LogP contribution in [0.1, 0.15) is 26.3 Å². The third kappa shape index (κ3) is 7.50. The zero-order valence-electron chi connectivity index (χ0n) is 18.0. The lowest BCUT2D eigenvalue weighted by atomic mass is 10.2. The van der Waals surface area contributed by atoms with Crippen molar-refractivity contribution in [3.63, 3.8) is 0 Å². The number of amides is 1. The molecule has 0 unspecified atom stereocenters. The smallest absolute Gasteiger partial charge is 0.407 e. The Hall–Kier alpha value is -4.32. The van der Waals surface area contributed by atoms with Gasteiger partial charge in [0.1, 0.15) is 5.60 Å². The van der Waals surface area contributed by atoms with Crippen LogP contribution in [-0.4, -0.2) is 16.7 Å². The molecule has 0 aliphatic rings. The van der Waals surface area contributed by atoms with Gasteiger partial charge in [-0.2, -0.15) is 0 Å². The Bertz CT molecular complexity index is 1050. The Kier molecular flexibility index (Phi) is 7.43. The first-order valence-electron chi connectivity index (χ1n) is 9.77. The molecule has 0 aliphatic carbocycles. The van der Waals surface area contributed by atoms with Crippen molar-refractivity contribution in [1.29, 1.82) is 0 Å². The van der Waals surface area contributed by atoms with Gasteiger partial charge in [0.25, 0.3) is 0 Å². The van der Waals surface area contributed by atoms with E-state index in [1.807, 2.05) is 57.2 Å². The Balaban J connectivity index is 1.35. The fourth-order valence-corrected chi connectivity index (χ4v) is 2.45. The van der Waals surface area contributed by atoms with E-state index in [0.29, 0.717) is 23.7 Å². The van der Waals surface area contributed by atoms with Crippen molar-refractivity contribution in [3.8, 4) is 23.5 Å². The summed E-state index contributed by atoms with van der Waals surface area (Å²) in [6, 6.07) is 14.6. The second kappa shape index (κ2) is 10.6. The zero-order chi connectivity index (χ0) is 22.8. The largest absolute Gasteiger partial charge is 0.444 e. The van der Waals surface area contributed by atoms with Crippen LogP contribution < -0.4 is 16.3 Å². The van der Waals surface area contributed by atoms with Gasteiger partial charge in [-0.3, -0.25) is 0 Å². The number of alkyl carbamates (subject to hydrolysis) is 1. The Morgan fingerprint density at radius 3 is 2.09 bits per heavy atom. The van der Waals surface area contributed by atoms with Crippen molar-refractivity contribution < 1.29 is 23.6 Å². The van der Waals surface area contributed by atoms with E-state index in [2.05, 4.69) is 33.5 Å². The fourth-order valence-electron chi connectivity index (χ4n) is 2.45. The highest BCUT2D eigenvalue weighted by Crippen LogP contribution is 2.20. The molecule has 166 valence electrons. The molecule has 1 aromatic heterocycles. The summed E-state index contributed by atoms with van der Waals surface area (Å²) in [5.41, 5.74) is 8.06. The summed E-state index contributed by atoms with van der Waals surface area (Å²) in [4.78, 5) is 25.6. The molecule has 0 atom stereocenters. The van der Waals surface area contributed by atoms with Gasteiger partial charge in [-0.05, 0) is 62.7 Å². The highest BCUT2D eigenvalue weighted by molar-refractivity contribution is 5.67. The lowest BCUT2D eigenvalue weighted by Gasteiger charge is -2.19. The van der Waals surface area contributed by atoms with Crippen LogP contribution in [0.15, 0.2) is 65.5 Å². The van der Waals surface area contributed by atoms with Crippen LogP contribution in [-0.2, 0) is 21.0 Å². The Labute approximate surface area is 186 Å². The van der Waals surface area contributed by atoms with Crippen molar-refractivity contribution in [1.82, 2.24) is 10.3 Å². The second-order valence-corrected chi connectivity index (χ2v) is 7.61. The number of hydrogen-bond donors (Lipinski definition) is 3. The quantitative estimate of drug-likeness (QED) is 0.362. The average Bonchev–Trinajstić information content (AvgIpc) is 3.30. The molecule has 0 aliphatic heterocycles. The van der Waals surface area contributed by atoms with Crippen LogP contribution in [0.2, 0.25) is 0 Å². The molecule has 3 rings (SSSR count). The van der Waals surface area contributed by atoms with Crippen molar-refractivity contribution in [2.75, 3.05) is 11.0 Å². The second-order valence-electron chi connectivity index (χ2n) is 7.61. The Morgan fingerprint density at radius 2 is 1.56 bits per heavy atom. The third-order valence-corrected chi connectivity index (χ3v) is 3.87. The highest BCUT2D eigenvalue weighted by Gasteiger charge is 2.15. The maximum absolute atomic E-state index is 11.7. The molecule has 9 nitrogen and oxygen atoms in total. The molecule has 1 heterocycles. The maximum Gasteiger partial charge on any atom is 0.407 e. The standard InChI is InChI=1S/C23H24N4O5/c1-23(2,3)32-22(28)25-14-17-4-8-19(9-5-17)26-30-12-13-31-27-20-10-6-18(7-11-20)21-15-24-16-29-21/h4-11,15-16,26-27H,14H2,1-3H3,(H,25,28). The molecule has 1 amide bonds. The third-order valence-electron chi connectivity index (χ3n) is 3.87. The summed E-state index contributed by atoms with van der Waals surface area (Å²) >= 11 is 0. The number of rotatable bonds is 7. The van der Waals surface area contributed by atoms with Crippen molar-refractivity contribution in [2.45, 2.75) is 32.9 Å². The first kappa shape index (κ1) is 22.4. The van der Waals surface area contributed by atoms with Crippen LogP contribution in [0.4, 0.5) is 16.2 Å². The van der Waals surface area contributed by atoms with Crippen LogP contribution in [0, 0.1) is 12.2 Å². The van der Waals surface area contributed by atoms with E-state index in [1.165, 1.54) is 6.39 Å². The van der Waals surface area contributed by atoms with E-state index in [0.717, 1.165) is 11.1 Å². The number of nitrogens with one attached hydrogen (secondary N) is 3. The summed E-state index contributed by atoms with van der Waals surface area (Å²) in [5.74, 6) is 0.684. The van der Waals surface area contributed by atoms with E-state index in [9.17, 15) is 4.79 Å². The molecule has 3 N–H and O–H groups in total. The predicted octanol–water partition coefficient (Wildman–Crippen LogP) is 4.67. The molecule has 0 fully saturated rings. The fraction of sp³-hybridized carbons (Fsp3) is 0.217. The molecule has 2 aromatic carbocycles. The van der Waals surface area contributed by atoms with E-state index >= 15 is 0 Å². The molecule has 0 saturated carbocycles. The van der Waals surface area contributed by atoms with Gasteiger partial charge < -0.3 is 24.1 Å². The summed E-state index contributed by atoms with van der Waals surface area (Å²) < 4.78 is 10.4. The Morgan fingerprint density at radius 1 is 0.969 bits per heavy atom. The lowest BCUT2D eigenvalue weighted by Crippen LogP contribution is -2.32. The summed E-state index contributed by atoms with van der Waals surface area (Å²) in [6.45, 7) is 5.80. The topological polar surface area (TPSA) is 107 Å². The van der Waals surface area contributed by atoms with Crippen LogP contribution in [0.25, 0.3) is 11.3 Å². The van der Waals surface area contributed by atoms with Crippen LogP contribution >= 0.6 is 0 Å². The number of carbonyl (C=O) groups is 1. The molecule has 9 heteroatoms. The van der Waals surface area contributed by atoms with Gasteiger partial charge in [-0.25, -0.2) is 20.7 Å². The number of benzene rings is 2. The number of nitrogens with zero attached hydrogens (tertiary/aromatic N) is 1. The SMILES string of the molecule is CC(C)(C)OC(=O)NCc1ccc(NOC#CONc2ccc(-c3cnco3)cc2)cc1. The molecular weight excluding hydrogens is 412 g/mol. The number of hydrogen-bond acceptors (Lipinski definition) is 8. The minimum atomic E-state index is -0.529. The summed E-state index contributed by atoms with van der Waals surface area (Å²) in [5, 5.41) is 2.70. The molecule has 32 heavy (non-hydrogen) atoms. The first-order chi connectivity index (χ1) is 15.4. The monoisotopic (exact) mass is 436 g/mol. The molecule has 0 bridgehead atoms. The van der Waals surface area contributed by atoms with E-state index in [-0.39, 0.29) is 0 Å². The highest BCUT2D eigenvalue weighted by atomic mass is 16.7. The number of anilines is 2. The number of carbonyl (C=O) groups excluding carboxylic acids is 1. The number of aromatic nitrogens is 1. The summed E-state index contributed by atoms with van der Waals surface area (Å²) in [6.07, 6.45) is 7.31. The van der Waals surface area contributed by atoms with Gasteiger partial charge in [0, 0.05) is 12.1 Å². The van der Waals surface area contributed by atoms with E-state index in [4.69, 9.17) is 18.8 Å². The molecule has 3 aromatic rings. The van der Waals surface area contributed by atoms with Crippen LogP contribution in [0.3, 0.4) is 0 Å². The molecule has 0 saturated heterocycles. The van der Waals surface area contributed by atoms with Gasteiger partial charge in [0.05, 0.1) is 17.6 Å². The molecule has 0 spiro atoms.